The third-order valence-corrected chi connectivity index (χ3v) is 2.72. The Morgan fingerprint density at radius 1 is 1.50 bits per heavy atom. The summed E-state index contributed by atoms with van der Waals surface area (Å²) in [5.41, 5.74) is -1.36. The lowest BCUT2D eigenvalue weighted by molar-refractivity contribution is -0.166. The van der Waals surface area contributed by atoms with Crippen LogP contribution in [0.3, 0.4) is 0 Å². The van der Waals surface area contributed by atoms with Gasteiger partial charge in [0, 0.05) is 0 Å². The van der Waals surface area contributed by atoms with Crippen LogP contribution < -0.4 is 0 Å². The number of piperidine rings is 1. The van der Waals surface area contributed by atoms with Crippen molar-refractivity contribution >= 4 is 13.0 Å². The molecular weight excluding hydrogens is 185 g/mol. The predicted octanol–water partition coefficient (Wildman–Crippen LogP) is -0.903. The van der Waals surface area contributed by atoms with E-state index >= 15 is 0 Å². The van der Waals surface area contributed by atoms with Gasteiger partial charge < -0.3 is 19.7 Å². The molecule has 0 spiro atoms. The number of hydrogen-bond acceptors (Lipinski definition) is 5. The van der Waals surface area contributed by atoms with Crippen LogP contribution in [0.5, 0.6) is 0 Å². The zero-order valence-electron chi connectivity index (χ0n) is 8.56. The van der Waals surface area contributed by atoms with Gasteiger partial charge in [-0.3, -0.25) is 0 Å². The van der Waals surface area contributed by atoms with Gasteiger partial charge in [0.2, 0.25) is 0 Å². The zero-order chi connectivity index (χ0) is 10.8. The second-order valence-corrected chi connectivity index (χ2v) is 3.69. The molecule has 0 amide bonds. The smallest absolute Gasteiger partial charge is 0.376 e. The summed E-state index contributed by atoms with van der Waals surface area (Å²) < 4.78 is 4.52. The van der Waals surface area contributed by atoms with Gasteiger partial charge in [0.15, 0.2) is 5.60 Å². The van der Waals surface area contributed by atoms with E-state index < -0.39 is 18.6 Å². The van der Waals surface area contributed by atoms with E-state index in [4.69, 9.17) is 0 Å². The Labute approximate surface area is 83.8 Å². The number of esters is 1. The summed E-state index contributed by atoms with van der Waals surface area (Å²) in [6.07, 6.45) is 0.620. The van der Waals surface area contributed by atoms with Gasteiger partial charge in [-0.25, -0.2) is 4.79 Å². The minimum Gasteiger partial charge on any atom is -0.467 e. The molecule has 0 atom stereocenters. The zero-order valence-corrected chi connectivity index (χ0v) is 8.56. The summed E-state index contributed by atoms with van der Waals surface area (Å²) in [4.78, 5) is 13.0. The quantitative estimate of drug-likeness (QED) is 0.447. The molecule has 1 heterocycles. The first kappa shape index (κ1) is 11.5. The second kappa shape index (κ2) is 4.29. The van der Waals surface area contributed by atoms with Crippen LogP contribution in [-0.4, -0.2) is 53.8 Å². The van der Waals surface area contributed by atoms with Gasteiger partial charge >= 0.3 is 13.0 Å². The number of methoxy groups -OCH3 is 1. The van der Waals surface area contributed by atoms with Gasteiger partial charge in [0.25, 0.3) is 0 Å². The first-order valence-electron chi connectivity index (χ1n) is 4.72. The Morgan fingerprint density at radius 3 is 2.36 bits per heavy atom. The average Bonchev–Trinajstić information content (AvgIpc) is 2.17. The fourth-order valence-corrected chi connectivity index (χ4v) is 1.66. The number of carbonyl (C=O) groups is 1. The minimum absolute atomic E-state index is 0.310. The fraction of sp³-hybridized carbons (Fsp3) is 0.875. The molecule has 0 saturated carbocycles. The van der Waals surface area contributed by atoms with Crippen molar-refractivity contribution in [3.05, 3.63) is 0 Å². The van der Waals surface area contributed by atoms with Crippen LogP contribution in [0.15, 0.2) is 0 Å². The minimum atomic E-state index is -1.36. The average molecular weight is 201 g/mol. The number of nitrogens with zero attached hydrogens (tertiary/aromatic N) is 1. The normalized spacial score (nSPS) is 21.7. The monoisotopic (exact) mass is 201 g/mol. The molecule has 0 unspecified atom stereocenters. The molecule has 1 aliphatic heterocycles. The highest BCUT2D eigenvalue weighted by Gasteiger charge is 2.41. The van der Waals surface area contributed by atoms with E-state index in [1.54, 1.807) is 11.6 Å². The molecule has 1 rings (SSSR count). The number of rotatable bonds is 2. The maximum absolute atomic E-state index is 11.2. The van der Waals surface area contributed by atoms with Crippen molar-refractivity contribution in [2.45, 2.75) is 25.3 Å². The number of aliphatic hydroxyl groups is 1. The lowest BCUT2D eigenvalue weighted by atomic mass is 9.79. The summed E-state index contributed by atoms with van der Waals surface area (Å²) in [6, 6.07) is 0. The molecule has 80 valence electrons. The second-order valence-electron chi connectivity index (χ2n) is 3.69. The van der Waals surface area contributed by atoms with E-state index in [1.165, 1.54) is 7.11 Å². The van der Waals surface area contributed by atoms with Crippen molar-refractivity contribution < 1.29 is 19.7 Å². The topological polar surface area (TPSA) is 70.0 Å². The molecule has 14 heavy (non-hydrogen) atoms. The largest absolute Gasteiger partial charge is 0.467 e. The van der Waals surface area contributed by atoms with Crippen LogP contribution in [0.25, 0.3) is 0 Å². The van der Waals surface area contributed by atoms with Crippen molar-refractivity contribution in [1.29, 1.82) is 0 Å². The SMILES string of the molecule is COC(=O)C1(O)CCN(B(C)O)CC1. The highest BCUT2D eigenvalue weighted by molar-refractivity contribution is 6.45. The highest BCUT2D eigenvalue weighted by Crippen LogP contribution is 2.23. The van der Waals surface area contributed by atoms with Gasteiger partial charge in [-0.15, -0.1) is 0 Å². The van der Waals surface area contributed by atoms with E-state index in [0.29, 0.717) is 25.9 Å². The van der Waals surface area contributed by atoms with E-state index in [2.05, 4.69) is 4.74 Å². The van der Waals surface area contributed by atoms with Gasteiger partial charge in [-0.2, -0.15) is 0 Å². The van der Waals surface area contributed by atoms with Gasteiger partial charge in [-0.1, -0.05) is 0 Å². The van der Waals surface area contributed by atoms with Crippen LogP contribution in [0.4, 0.5) is 0 Å². The maximum atomic E-state index is 11.2. The summed E-state index contributed by atoms with van der Waals surface area (Å²) in [7, 11) is 0.735. The first-order valence-corrected chi connectivity index (χ1v) is 4.72. The molecule has 0 aromatic heterocycles. The number of ether oxygens (including phenoxy) is 1. The molecule has 1 fully saturated rings. The number of hydrogen-bond donors (Lipinski definition) is 2. The van der Waals surface area contributed by atoms with E-state index in [0.717, 1.165) is 0 Å². The van der Waals surface area contributed by atoms with Crippen molar-refractivity contribution in [3.63, 3.8) is 0 Å². The van der Waals surface area contributed by atoms with E-state index in [9.17, 15) is 14.9 Å². The Kier molecular flexibility index (Phi) is 3.52. The maximum Gasteiger partial charge on any atom is 0.376 e. The predicted molar refractivity (Wildman–Crippen MR) is 51.6 cm³/mol. The van der Waals surface area contributed by atoms with Crippen molar-refractivity contribution in [1.82, 2.24) is 4.81 Å². The van der Waals surface area contributed by atoms with Crippen LogP contribution >= 0.6 is 0 Å². The van der Waals surface area contributed by atoms with Crippen molar-refractivity contribution in [3.8, 4) is 0 Å². The first-order chi connectivity index (χ1) is 6.49. The Balaban J connectivity index is 2.53. The van der Waals surface area contributed by atoms with Crippen LogP contribution in [0.2, 0.25) is 6.82 Å². The van der Waals surface area contributed by atoms with Gasteiger partial charge in [0.05, 0.1) is 7.11 Å². The molecule has 0 aliphatic carbocycles. The number of carbonyl (C=O) groups excluding carboxylic acids is 1. The third-order valence-electron chi connectivity index (χ3n) is 2.72. The lowest BCUT2D eigenvalue weighted by Gasteiger charge is -2.36. The molecule has 6 heteroatoms. The van der Waals surface area contributed by atoms with Crippen molar-refractivity contribution in [2.75, 3.05) is 20.2 Å². The molecule has 0 bridgehead atoms. The molecule has 0 aromatic carbocycles. The molecule has 5 nitrogen and oxygen atoms in total. The molecule has 0 radical (unpaired) electrons. The third kappa shape index (κ3) is 2.26. The molecule has 2 N–H and O–H groups in total. The molecule has 0 aromatic rings. The molecular formula is C8H16BNO4. The van der Waals surface area contributed by atoms with Crippen LogP contribution in [-0.2, 0) is 9.53 Å². The van der Waals surface area contributed by atoms with Crippen LogP contribution in [0.1, 0.15) is 12.8 Å². The van der Waals surface area contributed by atoms with Gasteiger partial charge in [-0.05, 0) is 32.8 Å². The summed E-state index contributed by atoms with van der Waals surface area (Å²) in [5, 5.41) is 19.1. The Morgan fingerprint density at radius 2 is 2.00 bits per heavy atom. The van der Waals surface area contributed by atoms with Crippen molar-refractivity contribution in [2.24, 2.45) is 0 Å². The van der Waals surface area contributed by atoms with E-state index in [1.807, 2.05) is 0 Å². The summed E-state index contributed by atoms with van der Waals surface area (Å²) in [6.45, 7) is 2.68. The van der Waals surface area contributed by atoms with Gasteiger partial charge in [0.1, 0.15) is 0 Å². The molecule has 1 aliphatic rings. The highest BCUT2D eigenvalue weighted by atomic mass is 16.5. The summed E-state index contributed by atoms with van der Waals surface area (Å²) >= 11 is 0. The fourth-order valence-electron chi connectivity index (χ4n) is 1.66. The van der Waals surface area contributed by atoms with E-state index in [-0.39, 0.29) is 0 Å². The Hall–Kier alpha value is -0.585. The summed E-state index contributed by atoms with van der Waals surface area (Å²) in [5.74, 6) is -0.581. The standard InChI is InChI=1S/C8H16BNO4/c1-9(13)10-5-3-8(12,4-6-10)7(11)14-2/h12-13H,3-6H2,1-2H3. The molecule has 1 saturated heterocycles. The van der Waals surface area contributed by atoms with Crippen LogP contribution in [0, 0.1) is 0 Å². The Bertz CT molecular complexity index is 213. The lowest BCUT2D eigenvalue weighted by Crippen LogP contribution is -2.53.